The zero-order chi connectivity index (χ0) is 12.8. The molecule has 0 unspecified atom stereocenters. The maximum absolute atomic E-state index is 11.3. The second-order valence-corrected chi connectivity index (χ2v) is 3.82. The van der Waals surface area contributed by atoms with Crippen LogP contribution >= 0.6 is 0 Å². The summed E-state index contributed by atoms with van der Waals surface area (Å²) in [6, 6.07) is 6.55. The molecule has 2 amide bonds. The first-order valence-electron chi connectivity index (χ1n) is 5.39. The maximum atomic E-state index is 11.3. The number of carbonyl (C=O) groups is 2. The van der Waals surface area contributed by atoms with E-state index in [0.29, 0.717) is 12.1 Å². The van der Waals surface area contributed by atoms with Crippen molar-refractivity contribution in [3.05, 3.63) is 29.8 Å². The normalized spacial score (nSPS) is 11.7. The molecule has 4 N–H and O–H groups in total. The van der Waals surface area contributed by atoms with Crippen molar-refractivity contribution in [1.29, 1.82) is 0 Å². The number of nitrogens with two attached hydrogens (primary N) is 1. The maximum Gasteiger partial charge on any atom is 0.240 e. The summed E-state index contributed by atoms with van der Waals surface area (Å²) >= 11 is 0. The molecule has 1 aromatic rings. The minimum Gasteiger partial charge on any atom is -0.359 e. The summed E-state index contributed by atoms with van der Waals surface area (Å²) in [5.74, 6) is -0.276. The minimum atomic E-state index is -0.541. The molecular formula is C12H17N3O2. The molecule has 0 aliphatic rings. The minimum absolute atomic E-state index is 0.0441. The average molecular weight is 235 g/mol. The smallest absolute Gasteiger partial charge is 0.240 e. The first kappa shape index (κ1) is 13.2. The molecule has 0 saturated heterocycles. The molecule has 1 aromatic carbocycles. The van der Waals surface area contributed by atoms with E-state index in [1.165, 1.54) is 0 Å². The zero-order valence-corrected chi connectivity index (χ0v) is 9.99. The van der Waals surface area contributed by atoms with Gasteiger partial charge in [-0.1, -0.05) is 12.1 Å². The largest absolute Gasteiger partial charge is 0.359 e. The van der Waals surface area contributed by atoms with Crippen molar-refractivity contribution in [2.45, 2.75) is 19.4 Å². The van der Waals surface area contributed by atoms with Gasteiger partial charge in [0.2, 0.25) is 11.8 Å². The Labute approximate surface area is 100 Å². The van der Waals surface area contributed by atoms with Gasteiger partial charge in [-0.25, -0.2) is 0 Å². The van der Waals surface area contributed by atoms with Crippen LogP contribution in [-0.2, 0) is 16.0 Å². The zero-order valence-electron chi connectivity index (χ0n) is 9.99. The molecule has 1 rings (SSSR count). The number of nitrogens with one attached hydrogen (secondary N) is 2. The Bertz CT molecular complexity index is 399. The molecule has 0 saturated carbocycles. The molecule has 5 nitrogen and oxygen atoms in total. The lowest BCUT2D eigenvalue weighted by Gasteiger charge is -2.08. The van der Waals surface area contributed by atoms with E-state index in [-0.39, 0.29) is 11.8 Å². The van der Waals surface area contributed by atoms with Crippen LogP contribution in [0.5, 0.6) is 0 Å². The topological polar surface area (TPSA) is 84.2 Å². The van der Waals surface area contributed by atoms with Gasteiger partial charge in [-0.15, -0.1) is 0 Å². The molecule has 0 aromatic heterocycles. The van der Waals surface area contributed by atoms with Gasteiger partial charge in [0, 0.05) is 12.7 Å². The van der Waals surface area contributed by atoms with Crippen LogP contribution in [-0.4, -0.2) is 24.9 Å². The molecule has 5 heteroatoms. The number of hydrogen-bond acceptors (Lipinski definition) is 3. The Hall–Kier alpha value is -1.88. The Morgan fingerprint density at radius 3 is 2.35 bits per heavy atom. The highest BCUT2D eigenvalue weighted by molar-refractivity contribution is 5.94. The summed E-state index contributed by atoms with van der Waals surface area (Å²) < 4.78 is 0. The van der Waals surface area contributed by atoms with Crippen molar-refractivity contribution in [1.82, 2.24) is 5.32 Å². The van der Waals surface area contributed by atoms with E-state index in [0.717, 1.165) is 5.56 Å². The summed E-state index contributed by atoms with van der Waals surface area (Å²) in [5.41, 5.74) is 7.00. The lowest BCUT2D eigenvalue weighted by Crippen LogP contribution is -2.32. The summed E-state index contributed by atoms with van der Waals surface area (Å²) in [6.07, 6.45) is 0.331. The van der Waals surface area contributed by atoms with E-state index >= 15 is 0 Å². The summed E-state index contributed by atoms with van der Waals surface area (Å²) in [5, 5.41) is 5.22. The monoisotopic (exact) mass is 235 g/mol. The number of anilines is 1. The second kappa shape index (κ2) is 6.00. The van der Waals surface area contributed by atoms with Crippen molar-refractivity contribution in [2.75, 3.05) is 12.4 Å². The molecule has 0 aliphatic carbocycles. The first-order chi connectivity index (χ1) is 8.02. The van der Waals surface area contributed by atoms with Gasteiger partial charge >= 0.3 is 0 Å². The number of hydrogen-bond donors (Lipinski definition) is 3. The van der Waals surface area contributed by atoms with E-state index in [2.05, 4.69) is 10.6 Å². The summed E-state index contributed by atoms with van der Waals surface area (Å²) in [4.78, 5) is 22.5. The van der Waals surface area contributed by atoms with Crippen LogP contribution in [0.25, 0.3) is 0 Å². The Balaban J connectivity index is 2.62. The van der Waals surface area contributed by atoms with Crippen molar-refractivity contribution in [2.24, 2.45) is 5.73 Å². The summed E-state index contributed by atoms with van der Waals surface area (Å²) in [6.45, 7) is 1.62. The van der Waals surface area contributed by atoms with Crippen molar-refractivity contribution in [3.63, 3.8) is 0 Å². The van der Waals surface area contributed by atoms with Gasteiger partial charge in [0.05, 0.1) is 12.5 Å². The van der Waals surface area contributed by atoms with Crippen LogP contribution in [0, 0.1) is 0 Å². The highest BCUT2D eigenvalue weighted by Crippen LogP contribution is 2.10. The second-order valence-electron chi connectivity index (χ2n) is 3.82. The Kier molecular flexibility index (Phi) is 4.66. The van der Waals surface area contributed by atoms with Gasteiger partial charge in [0.25, 0.3) is 0 Å². The fourth-order valence-corrected chi connectivity index (χ4v) is 1.24. The average Bonchev–Trinajstić information content (AvgIpc) is 2.31. The molecule has 0 radical (unpaired) electrons. The number of likely N-dealkylation sites (N-methyl/N-ethyl adjacent to an activating group) is 1. The first-order valence-corrected chi connectivity index (χ1v) is 5.39. The highest BCUT2D eigenvalue weighted by Gasteiger charge is 2.07. The van der Waals surface area contributed by atoms with Crippen molar-refractivity contribution < 1.29 is 9.59 Å². The van der Waals surface area contributed by atoms with Crippen LogP contribution in [0.2, 0.25) is 0 Å². The van der Waals surface area contributed by atoms with Gasteiger partial charge in [-0.05, 0) is 24.6 Å². The molecule has 0 spiro atoms. The van der Waals surface area contributed by atoms with E-state index in [1.54, 1.807) is 38.2 Å². The molecular weight excluding hydrogens is 218 g/mol. The van der Waals surface area contributed by atoms with E-state index in [4.69, 9.17) is 5.73 Å². The number of benzene rings is 1. The van der Waals surface area contributed by atoms with Gasteiger partial charge in [-0.2, -0.15) is 0 Å². The Morgan fingerprint density at radius 1 is 1.29 bits per heavy atom. The van der Waals surface area contributed by atoms with E-state index < -0.39 is 6.04 Å². The standard InChI is InChI=1S/C12H17N3O2/c1-8(13)12(17)15-10-5-3-9(4-6-10)7-11(16)14-2/h3-6,8H,7,13H2,1-2H3,(H,14,16)(H,15,17)/t8-/m1/s1. The SMILES string of the molecule is CNC(=O)Cc1ccc(NC(=O)[C@@H](C)N)cc1. The highest BCUT2D eigenvalue weighted by atomic mass is 16.2. The van der Waals surface area contributed by atoms with Crippen LogP contribution in [0.1, 0.15) is 12.5 Å². The lowest BCUT2D eigenvalue weighted by atomic mass is 10.1. The number of rotatable bonds is 4. The Morgan fingerprint density at radius 2 is 1.88 bits per heavy atom. The third-order valence-electron chi connectivity index (χ3n) is 2.28. The summed E-state index contributed by atoms with van der Waals surface area (Å²) in [7, 11) is 1.60. The predicted molar refractivity (Wildman–Crippen MR) is 66.5 cm³/mol. The molecule has 0 fully saturated rings. The molecule has 17 heavy (non-hydrogen) atoms. The molecule has 0 aliphatic heterocycles. The van der Waals surface area contributed by atoms with Crippen LogP contribution < -0.4 is 16.4 Å². The third-order valence-corrected chi connectivity index (χ3v) is 2.28. The lowest BCUT2D eigenvalue weighted by molar-refractivity contribution is -0.120. The molecule has 0 bridgehead atoms. The van der Waals surface area contributed by atoms with Crippen LogP contribution in [0.3, 0.4) is 0 Å². The molecule has 1 atom stereocenters. The van der Waals surface area contributed by atoms with Crippen molar-refractivity contribution >= 4 is 17.5 Å². The fourth-order valence-electron chi connectivity index (χ4n) is 1.24. The molecule has 0 heterocycles. The molecule has 92 valence electrons. The third kappa shape index (κ3) is 4.24. The van der Waals surface area contributed by atoms with Crippen molar-refractivity contribution in [3.8, 4) is 0 Å². The number of amides is 2. The van der Waals surface area contributed by atoms with Gasteiger partial charge < -0.3 is 16.4 Å². The van der Waals surface area contributed by atoms with Crippen LogP contribution in [0.15, 0.2) is 24.3 Å². The van der Waals surface area contributed by atoms with E-state index in [9.17, 15) is 9.59 Å². The van der Waals surface area contributed by atoms with E-state index in [1.807, 2.05) is 0 Å². The van der Waals surface area contributed by atoms with Crippen LogP contribution in [0.4, 0.5) is 5.69 Å². The van der Waals surface area contributed by atoms with Gasteiger partial charge in [-0.3, -0.25) is 9.59 Å². The predicted octanol–water partition coefficient (Wildman–Crippen LogP) is 0.261. The quantitative estimate of drug-likeness (QED) is 0.700. The fraction of sp³-hybridized carbons (Fsp3) is 0.333. The van der Waals surface area contributed by atoms with Gasteiger partial charge in [0.15, 0.2) is 0 Å². The van der Waals surface area contributed by atoms with Gasteiger partial charge in [0.1, 0.15) is 0 Å². The number of carbonyl (C=O) groups excluding carboxylic acids is 2.